The van der Waals surface area contributed by atoms with Crippen molar-refractivity contribution in [2.24, 2.45) is 5.16 Å². The van der Waals surface area contributed by atoms with E-state index >= 15 is 0 Å². The molecule has 0 saturated carbocycles. The van der Waals surface area contributed by atoms with Gasteiger partial charge in [0.2, 0.25) is 5.91 Å². The number of alkyl halides is 3. The standard InChI is InChI=1S/C21H15Cl4F3N2O3S/c1-10(31)34-9-18(32)30(2)17-4-3-11(5-13(17)22)16-8-20(33-29-16,21(26,27)28)12-6-14(23)19(25)15(24)7-12/h3-7H,8-9H2,1-2H3. The van der Waals surface area contributed by atoms with E-state index in [4.69, 9.17) is 51.2 Å². The normalized spacial score (nSPS) is 17.9. The van der Waals surface area contributed by atoms with Crippen LogP contribution in [0.3, 0.4) is 0 Å². The first-order chi connectivity index (χ1) is 15.8. The Morgan fingerprint density at radius 3 is 2.26 bits per heavy atom. The topological polar surface area (TPSA) is 59.0 Å². The predicted octanol–water partition coefficient (Wildman–Crippen LogP) is 7.12. The van der Waals surface area contributed by atoms with E-state index in [2.05, 4.69) is 5.16 Å². The third-order valence-corrected chi connectivity index (χ3v) is 7.35. The molecule has 2 aromatic rings. The van der Waals surface area contributed by atoms with Gasteiger partial charge in [-0.05, 0) is 24.3 Å². The number of benzene rings is 2. The number of nitrogens with zero attached hydrogens (tertiary/aromatic N) is 2. The van der Waals surface area contributed by atoms with Gasteiger partial charge in [-0.15, -0.1) is 0 Å². The number of oxime groups is 1. The summed E-state index contributed by atoms with van der Waals surface area (Å²) in [5, 5.41) is 3.18. The van der Waals surface area contributed by atoms with Crippen molar-refractivity contribution in [3.05, 3.63) is 61.5 Å². The molecule has 1 aliphatic heterocycles. The zero-order chi connectivity index (χ0) is 25.4. The first kappa shape index (κ1) is 26.9. The molecule has 182 valence electrons. The van der Waals surface area contributed by atoms with Gasteiger partial charge in [0.1, 0.15) is 0 Å². The number of hydrogen-bond donors (Lipinski definition) is 0. The van der Waals surface area contributed by atoms with Gasteiger partial charge >= 0.3 is 6.18 Å². The first-order valence-corrected chi connectivity index (χ1v) is 11.9. The molecule has 0 aliphatic carbocycles. The van der Waals surface area contributed by atoms with Crippen LogP contribution in [0.4, 0.5) is 18.9 Å². The molecule has 0 radical (unpaired) electrons. The van der Waals surface area contributed by atoms with Crippen molar-refractivity contribution in [2.45, 2.75) is 25.1 Å². The summed E-state index contributed by atoms with van der Waals surface area (Å²) in [4.78, 5) is 29.6. The van der Waals surface area contributed by atoms with E-state index in [1.807, 2.05) is 0 Å². The average Bonchev–Trinajstić information content (AvgIpc) is 3.22. The SMILES string of the molecule is CC(=O)SCC(=O)N(C)c1ccc(C2=NOC(c3cc(Cl)c(Cl)c(Cl)c3)(C(F)(F)F)C2)cc1Cl. The lowest BCUT2D eigenvalue weighted by molar-refractivity contribution is -0.275. The minimum absolute atomic E-state index is 0.0194. The van der Waals surface area contributed by atoms with Crippen LogP contribution < -0.4 is 4.90 Å². The minimum atomic E-state index is -4.87. The fourth-order valence-corrected chi connectivity index (χ4v) is 4.62. The van der Waals surface area contributed by atoms with Gasteiger partial charge in [-0.2, -0.15) is 13.2 Å². The second kappa shape index (κ2) is 10.1. The highest BCUT2D eigenvalue weighted by Crippen LogP contribution is 2.50. The van der Waals surface area contributed by atoms with Crippen molar-refractivity contribution in [3.8, 4) is 0 Å². The zero-order valence-electron chi connectivity index (χ0n) is 17.5. The third-order valence-electron chi connectivity index (χ3n) is 5.05. The quantitative estimate of drug-likeness (QED) is 0.357. The molecular formula is C21H15Cl4F3N2O3S. The average molecular weight is 574 g/mol. The zero-order valence-corrected chi connectivity index (χ0v) is 21.3. The summed E-state index contributed by atoms with van der Waals surface area (Å²) in [5.74, 6) is -0.450. The van der Waals surface area contributed by atoms with Crippen molar-refractivity contribution in [1.29, 1.82) is 0 Å². The molecule has 0 bridgehead atoms. The van der Waals surface area contributed by atoms with E-state index in [1.165, 1.54) is 37.1 Å². The number of carbonyl (C=O) groups excluding carboxylic acids is 2. The van der Waals surface area contributed by atoms with Crippen molar-refractivity contribution in [3.63, 3.8) is 0 Å². The molecule has 0 fully saturated rings. The maximum Gasteiger partial charge on any atom is 0.435 e. The van der Waals surface area contributed by atoms with E-state index in [-0.39, 0.29) is 53.7 Å². The fraction of sp³-hybridized carbons (Fsp3) is 0.286. The Morgan fingerprint density at radius 2 is 1.74 bits per heavy atom. The monoisotopic (exact) mass is 572 g/mol. The molecule has 1 amide bonds. The van der Waals surface area contributed by atoms with Gasteiger partial charge < -0.3 is 9.74 Å². The third kappa shape index (κ3) is 5.28. The molecule has 1 aliphatic rings. The van der Waals surface area contributed by atoms with Gasteiger partial charge in [0.15, 0.2) is 5.12 Å². The summed E-state index contributed by atoms with van der Waals surface area (Å²) in [7, 11) is 1.48. The van der Waals surface area contributed by atoms with Crippen LogP contribution in [0.5, 0.6) is 0 Å². The number of rotatable bonds is 5. The van der Waals surface area contributed by atoms with E-state index in [0.29, 0.717) is 5.69 Å². The van der Waals surface area contributed by atoms with Crippen molar-refractivity contribution >= 4 is 80.6 Å². The molecule has 2 aromatic carbocycles. The van der Waals surface area contributed by atoms with E-state index < -0.39 is 18.2 Å². The van der Waals surface area contributed by atoms with Crippen LogP contribution in [0.1, 0.15) is 24.5 Å². The molecule has 0 spiro atoms. The second-order valence-electron chi connectivity index (χ2n) is 7.28. The van der Waals surface area contributed by atoms with Crippen LogP contribution in [-0.2, 0) is 20.0 Å². The molecule has 3 rings (SSSR count). The summed E-state index contributed by atoms with van der Waals surface area (Å²) in [6.07, 6.45) is -5.55. The number of hydrogen-bond acceptors (Lipinski definition) is 5. The summed E-state index contributed by atoms with van der Waals surface area (Å²) in [6, 6.07) is 6.41. The minimum Gasteiger partial charge on any atom is -0.374 e. The van der Waals surface area contributed by atoms with Crippen molar-refractivity contribution < 1.29 is 27.6 Å². The van der Waals surface area contributed by atoms with Gasteiger partial charge in [0.05, 0.1) is 37.2 Å². The Bertz CT molecular complexity index is 1170. The number of halogens is 7. The molecule has 0 aromatic heterocycles. The molecule has 0 saturated heterocycles. The summed E-state index contributed by atoms with van der Waals surface area (Å²) < 4.78 is 42.6. The van der Waals surface area contributed by atoms with Crippen LogP contribution in [0, 0.1) is 0 Å². The summed E-state index contributed by atoms with van der Waals surface area (Å²) in [6.45, 7) is 1.34. The second-order valence-corrected chi connectivity index (χ2v) is 10.0. The van der Waals surface area contributed by atoms with Crippen LogP contribution >= 0.6 is 58.2 Å². The molecule has 1 atom stereocenters. The maximum atomic E-state index is 14.2. The van der Waals surface area contributed by atoms with Crippen LogP contribution in [-0.4, -0.2) is 35.7 Å². The van der Waals surface area contributed by atoms with Gasteiger partial charge in [-0.3, -0.25) is 9.59 Å². The summed E-state index contributed by atoms with van der Waals surface area (Å²) >= 11 is 24.9. The van der Waals surface area contributed by atoms with Crippen molar-refractivity contribution in [2.75, 3.05) is 17.7 Å². The highest BCUT2D eigenvalue weighted by molar-refractivity contribution is 8.14. The van der Waals surface area contributed by atoms with Crippen LogP contribution in [0.15, 0.2) is 35.5 Å². The number of anilines is 1. The van der Waals surface area contributed by atoms with Crippen LogP contribution in [0.2, 0.25) is 20.1 Å². The van der Waals surface area contributed by atoms with Crippen molar-refractivity contribution in [1.82, 2.24) is 0 Å². The van der Waals surface area contributed by atoms with Crippen LogP contribution in [0.25, 0.3) is 0 Å². The highest BCUT2D eigenvalue weighted by Gasteiger charge is 2.62. The molecule has 13 heteroatoms. The Kier molecular flexibility index (Phi) is 8.04. The van der Waals surface area contributed by atoms with E-state index in [9.17, 15) is 22.8 Å². The highest BCUT2D eigenvalue weighted by atomic mass is 35.5. The molecule has 34 heavy (non-hydrogen) atoms. The Hall–Kier alpha value is -1.65. The maximum absolute atomic E-state index is 14.2. The molecule has 1 unspecified atom stereocenters. The smallest absolute Gasteiger partial charge is 0.374 e. The first-order valence-electron chi connectivity index (χ1n) is 9.43. The van der Waals surface area contributed by atoms with Gasteiger partial charge in [-0.25, -0.2) is 0 Å². The lowest BCUT2D eigenvalue weighted by Gasteiger charge is -2.30. The largest absolute Gasteiger partial charge is 0.435 e. The lowest BCUT2D eigenvalue weighted by Crippen LogP contribution is -2.42. The number of amides is 1. The molecule has 1 heterocycles. The molecule has 5 nitrogen and oxygen atoms in total. The van der Waals surface area contributed by atoms with Gasteiger partial charge in [0, 0.05) is 31.5 Å². The Balaban J connectivity index is 1.90. The Morgan fingerprint density at radius 1 is 1.12 bits per heavy atom. The van der Waals surface area contributed by atoms with Gasteiger partial charge in [0.25, 0.3) is 5.60 Å². The number of thioether (sulfide) groups is 1. The number of carbonyl (C=O) groups is 2. The Labute approximate surface area is 217 Å². The van der Waals surface area contributed by atoms with E-state index in [0.717, 1.165) is 23.9 Å². The molecular weight excluding hydrogens is 559 g/mol. The molecule has 0 N–H and O–H groups in total. The van der Waals surface area contributed by atoms with E-state index in [1.54, 1.807) is 0 Å². The summed E-state index contributed by atoms with van der Waals surface area (Å²) in [5.41, 5.74) is -2.62. The fourth-order valence-electron chi connectivity index (χ4n) is 3.20. The predicted molar refractivity (Wildman–Crippen MR) is 129 cm³/mol. The van der Waals surface area contributed by atoms with Gasteiger partial charge in [-0.1, -0.05) is 69.4 Å². The lowest BCUT2D eigenvalue weighted by atomic mass is 9.86.